The molecule has 1 rings (SSSR count). The summed E-state index contributed by atoms with van der Waals surface area (Å²) in [4.78, 5) is 29.0. The molecular formula is C14H17N3O3. The highest BCUT2D eigenvalue weighted by atomic mass is 16.5. The number of aromatic nitrogens is 1. The molecular weight excluding hydrogens is 258 g/mol. The molecule has 0 aliphatic heterocycles. The third-order valence-corrected chi connectivity index (χ3v) is 2.44. The van der Waals surface area contributed by atoms with Crippen molar-refractivity contribution in [1.82, 2.24) is 9.88 Å². The van der Waals surface area contributed by atoms with E-state index in [0.717, 1.165) is 0 Å². The molecule has 1 aromatic rings. The minimum absolute atomic E-state index is 0.197. The van der Waals surface area contributed by atoms with Crippen molar-refractivity contribution in [3.8, 4) is 0 Å². The van der Waals surface area contributed by atoms with Gasteiger partial charge in [0.2, 0.25) is 0 Å². The van der Waals surface area contributed by atoms with Gasteiger partial charge in [-0.05, 0) is 30.0 Å². The minimum Gasteiger partial charge on any atom is -0.465 e. The number of nitrogens with two attached hydrogens (primary N) is 1. The first-order chi connectivity index (χ1) is 9.47. The van der Waals surface area contributed by atoms with Gasteiger partial charge < -0.3 is 15.4 Å². The molecule has 0 bridgehead atoms. The first kappa shape index (κ1) is 15.4. The van der Waals surface area contributed by atoms with Crippen LogP contribution >= 0.6 is 0 Å². The summed E-state index contributed by atoms with van der Waals surface area (Å²) in [5, 5.41) is 0. The normalized spacial score (nSPS) is 11.9. The average Bonchev–Trinajstić information content (AvgIpc) is 2.42. The van der Waals surface area contributed by atoms with Crippen molar-refractivity contribution in [2.24, 2.45) is 5.73 Å². The number of hydrogen-bond acceptors (Lipinski definition) is 5. The number of carbonyl (C=O) groups is 2. The maximum atomic E-state index is 11.8. The molecule has 0 saturated heterocycles. The topological polar surface area (TPSA) is 85.5 Å². The van der Waals surface area contributed by atoms with Crippen molar-refractivity contribution in [2.45, 2.75) is 0 Å². The van der Waals surface area contributed by atoms with Crippen molar-refractivity contribution < 1.29 is 14.3 Å². The second-order valence-corrected chi connectivity index (χ2v) is 4.16. The number of ether oxygens (including phenoxy) is 1. The molecule has 0 unspecified atom stereocenters. The van der Waals surface area contributed by atoms with Crippen LogP contribution in [0.25, 0.3) is 5.57 Å². The standard InChI is InChI=1S/C14H17N3O3/c1-17(2)9-6-11(10-4-7-16-8-5-10)12(13(15)18)14(19)20-3/h4-9H,1-3H3,(H2,15,18)/b9-6+,12-11+. The van der Waals surface area contributed by atoms with Crippen molar-refractivity contribution in [2.75, 3.05) is 21.2 Å². The fourth-order valence-electron chi connectivity index (χ4n) is 1.52. The summed E-state index contributed by atoms with van der Waals surface area (Å²) in [5.41, 5.74) is 6.14. The van der Waals surface area contributed by atoms with Crippen LogP contribution in [0.1, 0.15) is 5.56 Å². The minimum atomic E-state index is -0.841. The van der Waals surface area contributed by atoms with Crippen molar-refractivity contribution >= 4 is 17.4 Å². The highest BCUT2D eigenvalue weighted by molar-refractivity contribution is 6.22. The van der Waals surface area contributed by atoms with Crippen LogP contribution in [0.3, 0.4) is 0 Å². The number of hydrogen-bond donors (Lipinski definition) is 1. The molecule has 0 atom stereocenters. The Morgan fingerprint density at radius 2 is 1.90 bits per heavy atom. The number of carbonyl (C=O) groups excluding carboxylic acids is 2. The van der Waals surface area contributed by atoms with Crippen LogP contribution < -0.4 is 5.73 Å². The molecule has 2 N–H and O–H groups in total. The number of primary amides is 1. The third-order valence-electron chi connectivity index (χ3n) is 2.44. The Bertz CT molecular complexity index is 548. The Morgan fingerprint density at radius 1 is 1.30 bits per heavy atom. The number of methoxy groups -OCH3 is 1. The van der Waals surface area contributed by atoms with E-state index in [1.54, 1.807) is 41.7 Å². The van der Waals surface area contributed by atoms with Gasteiger partial charge in [-0.15, -0.1) is 0 Å². The predicted molar refractivity (Wildman–Crippen MR) is 75.2 cm³/mol. The fraction of sp³-hybridized carbons (Fsp3) is 0.214. The van der Waals surface area contributed by atoms with E-state index in [0.29, 0.717) is 11.1 Å². The molecule has 0 fully saturated rings. The maximum Gasteiger partial charge on any atom is 0.344 e. The maximum absolute atomic E-state index is 11.8. The van der Waals surface area contributed by atoms with Crippen LogP contribution in [0.2, 0.25) is 0 Å². The summed E-state index contributed by atoms with van der Waals surface area (Å²) < 4.78 is 4.62. The van der Waals surface area contributed by atoms with Crippen LogP contribution in [0.4, 0.5) is 0 Å². The number of rotatable bonds is 5. The molecule has 0 spiro atoms. The smallest absolute Gasteiger partial charge is 0.344 e. The second-order valence-electron chi connectivity index (χ2n) is 4.16. The summed E-state index contributed by atoms with van der Waals surface area (Å²) >= 11 is 0. The van der Waals surface area contributed by atoms with Gasteiger partial charge in [-0.1, -0.05) is 0 Å². The van der Waals surface area contributed by atoms with Gasteiger partial charge >= 0.3 is 5.97 Å². The SMILES string of the molecule is COC(=O)/C(C(N)=O)=C(\C=C\N(C)C)c1ccncc1. The molecule has 1 heterocycles. The van der Waals surface area contributed by atoms with E-state index < -0.39 is 11.9 Å². The highest BCUT2D eigenvalue weighted by Crippen LogP contribution is 2.21. The molecule has 1 amide bonds. The van der Waals surface area contributed by atoms with Crippen molar-refractivity contribution in [1.29, 1.82) is 0 Å². The van der Waals surface area contributed by atoms with Crippen LogP contribution in [0, 0.1) is 0 Å². The third kappa shape index (κ3) is 3.94. The molecule has 0 radical (unpaired) electrons. The Morgan fingerprint density at radius 3 is 2.35 bits per heavy atom. The molecule has 0 aliphatic carbocycles. The number of nitrogens with zero attached hydrogens (tertiary/aromatic N) is 2. The molecule has 0 aliphatic rings. The van der Waals surface area contributed by atoms with E-state index in [4.69, 9.17) is 5.73 Å². The molecule has 20 heavy (non-hydrogen) atoms. The van der Waals surface area contributed by atoms with Crippen LogP contribution in [0.15, 0.2) is 42.4 Å². The fourth-order valence-corrected chi connectivity index (χ4v) is 1.52. The van der Waals surface area contributed by atoms with Gasteiger partial charge in [0.05, 0.1) is 7.11 Å². The number of pyridine rings is 1. The van der Waals surface area contributed by atoms with Crippen LogP contribution in [-0.2, 0) is 14.3 Å². The monoisotopic (exact) mass is 275 g/mol. The molecule has 6 heteroatoms. The molecule has 6 nitrogen and oxygen atoms in total. The number of amides is 1. The van der Waals surface area contributed by atoms with E-state index in [1.807, 2.05) is 14.1 Å². The number of esters is 1. The lowest BCUT2D eigenvalue weighted by Crippen LogP contribution is -2.23. The van der Waals surface area contributed by atoms with E-state index in [1.165, 1.54) is 7.11 Å². The zero-order chi connectivity index (χ0) is 15.1. The van der Waals surface area contributed by atoms with E-state index >= 15 is 0 Å². The predicted octanol–water partition coefficient (Wildman–Crippen LogP) is 0.569. The summed E-state index contributed by atoms with van der Waals surface area (Å²) in [6.45, 7) is 0. The van der Waals surface area contributed by atoms with E-state index in [9.17, 15) is 9.59 Å². The average molecular weight is 275 g/mol. The molecule has 0 saturated carbocycles. The van der Waals surface area contributed by atoms with Gasteiger partial charge in [-0.25, -0.2) is 4.79 Å². The lowest BCUT2D eigenvalue weighted by molar-refractivity contribution is -0.137. The van der Waals surface area contributed by atoms with Crippen LogP contribution in [-0.4, -0.2) is 43.0 Å². The quantitative estimate of drug-likeness (QED) is 0.279. The van der Waals surface area contributed by atoms with Gasteiger partial charge in [-0.2, -0.15) is 0 Å². The first-order valence-corrected chi connectivity index (χ1v) is 5.84. The van der Waals surface area contributed by atoms with Gasteiger partial charge in [0.25, 0.3) is 5.91 Å². The summed E-state index contributed by atoms with van der Waals surface area (Å²) in [6.07, 6.45) is 6.47. The summed E-state index contributed by atoms with van der Waals surface area (Å²) in [5.74, 6) is -1.61. The molecule has 0 aromatic carbocycles. The zero-order valence-electron chi connectivity index (χ0n) is 11.7. The van der Waals surface area contributed by atoms with Crippen molar-refractivity contribution in [3.05, 3.63) is 47.9 Å². The van der Waals surface area contributed by atoms with E-state index in [2.05, 4.69) is 9.72 Å². The summed E-state index contributed by atoms with van der Waals surface area (Å²) in [7, 11) is 4.84. The Hall–Kier alpha value is -2.63. The highest BCUT2D eigenvalue weighted by Gasteiger charge is 2.21. The Labute approximate surface area is 117 Å². The van der Waals surface area contributed by atoms with Gasteiger partial charge in [-0.3, -0.25) is 9.78 Å². The Kier molecular flexibility index (Phi) is 5.46. The van der Waals surface area contributed by atoms with E-state index in [-0.39, 0.29) is 5.57 Å². The number of allylic oxidation sites excluding steroid dienone is 2. The largest absolute Gasteiger partial charge is 0.465 e. The van der Waals surface area contributed by atoms with Gasteiger partial charge in [0.1, 0.15) is 5.57 Å². The first-order valence-electron chi connectivity index (χ1n) is 5.84. The van der Waals surface area contributed by atoms with Gasteiger partial charge in [0.15, 0.2) is 0 Å². The lowest BCUT2D eigenvalue weighted by atomic mass is 10.00. The van der Waals surface area contributed by atoms with Crippen LogP contribution in [0.5, 0.6) is 0 Å². The summed E-state index contributed by atoms with van der Waals surface area (Å²) in [6, 6.07) is 3.36. The zero-order valence-corrected chi connectivity index (χ0v) is 11.7. The molecule has 106 valence electrons. The second kappa shape index (κ2) is 7.08. The molecule has 1 aromatic heterocycles. The lowest BCUT2D eigenvalue weighted by Gasteiger charge is -2.10. The Balaban J connectivity index is 3.48. The van der Waals surface area contributed by atoms with Gasteiger partial charge in [0, 0.05) is 32.1 Å². The van der Waals surface area contributed by atoms with Crippen molar-refractivity contribution in [3.63, 3.8) is 0 Å².